The Hall–Kier alpha value is -1.38. The Kier molecular flexibility index (Phi) is 2.23. The van der Waals surface area contributed by atoms with Crippen LogP contribution >= 0.6 is 0 Å². The Bertz CT molecular complexity index is 387. The normalized spacial score (nSPS) is 14.9. The summed E-state index contributed by atoms with van der Waals surface area (Å²) in [6.45, 7) is 2.48. The van der Waals surface area contributed by atoms with E-state index in [1.807, 2.05) is 6.92 Å². The van der Waals surface area contributed by atoms with Crippen LogP contribution in [0.4, 0.5) is 10.1 Å². The third-order valence-corrected chi connectivity index (χ3v) is 2.51. The van der Waals surface area contributed by atoms with E-state index in [1.165, 1.54) is 6.07 Å². The zero-order valence-corrected chi connectivity index (χ0v) is 8.06. The largest absolute Gasteiger partial charge is 0.382 e. The number of aryl methyl sites for hydroxylation is 1. The van der Waals surface area contributed by atoms with Crippen LogP contribution in [0.15, 0.2) is 12.1 Å². The average molecular weight is 193 g/mol. The molecule has 1 aliphatic heterocycles. The van der Waals surface area contributed by atoms with Crippen LogP contribution in [0.3, 0.4) is 0 Å². The maximum absolute atomic E-state index is 13.5. The number of ketones is 1. The van der Waals surface area contributed by atoms with Crippen LogP contribution in [0.1, 0.15) is 29.3 Å². The van der Waals surface area contributed by atoms with Gasteiger partial charge in [0, 0.05) is 18.5 Å². The fourth-order valence-corrected chi connectivity index (χ4v) is 1.70. The number of rotatable bonds is 1. The summed E-state index contributed by atoms with van der Waals surface area (Å²) in [4.78, 5) is 11.5. The number of halogens is 1. The third kappa shape index (κ3) is 1.39. The van der Waals surface area contributed by atoms with Gasteiger partial charge in [-0.3, -0.25) is 4.79 Å². The number of benzene rings is 1. The molecule has 0 bridgehead atoms. The summed E-state index contributed by atoms with van der Waals surface area (Å²) in [7, 11) is 0. The lowest BCUT2D eigenvalue weighted by Gasteiger charge is -2.18. The van der Waals surface area contributed by atoms with Gasteiger partial charge in [0.05, 0.1) is 5.69 Å². The van der Waals surface area contributed by atoms with E-state index in [9.17, 15) is 9.18 Å². The molecule has 1 N–H and O–H groups in total. The minimum Gasteiger partial charge on any atom is -0.382 e. The van der Waals surface area contributed by atoms with Crippen molar-refractivity contribution in [3.63, 3.8) is 0 Å². The molecule has 14 heavy (non-hydrogen) atoms. The van der Waals surface area contributed by atoms with Gasteiger partial charge in [0.2, 0.25) is 0 Å². The first kappa shape index (κ1) is 9.19. The van der Waals surface area contributed by atoms with Crippen molar-refractivity contribution in [2.45, 2.75) is 19.8 Å². The van der Waals surface area contributed by atoms with Gasteiger partial charge >= 0.3 is 0 Å². The smallest absolute Gasteiger partial charge is 0.166 e. The van der Waals surface area contributed by atoms with Crippen LogP contribution in [0.2, 0.25) is 0 Å². The van der Waals surface area contributed by atoms with Crippen molar-refractivity contribution in [3.05, 3.63) is 29.1 Å². The molecular weight excluding hydrogens is 181 g/mol. The van der Waals surface area contributed by atoms with Gasteiger partial charge in [-0.2, -0.15) is 0 Å². The second-order valence-electron chi connectivity index (χ2n) is 3.45. The summed E-state index contributed by atoms with van der Waals surface area (Å²) >= 11 is 0. The Morgan fingerprint density at radius 3 is 3.00 bits per heavy atom. The Balaban J connectivity index is 2.57. The number of fused-ring (bicyclic) bond motifs is 1. The van der Waals surface area contributed by atoms with Crippen LogP contribution in [-0.2, 0) is 6.42 Å². The van der Waals surface area contributed by atoms with Crippen LogP contribution in [-0.4, -0.2) is 12.3 Å². The molecule has 1 aromatic rings. The molecule has 0 amide bonds. The maximum Gasteiger partial charge on any atom is 0.166 e. The van der Waals surface area contributed by atoms with Gasteiger partial charge in [0.25, 0.3) is 0 Å². The molecule has 0 fully saturated rings. The van der Waals surface area contributed by atoms with E-state index in [0.29, 0.717) is 24.2 Å². The molecule has 2 rings (SSSR count). The van der Waals surface area contributed by atoms with Crippen molar-refractivity contribution >= 4 is 11.5 Å². The van der Waals surface area contributed by atoms with E-state index in [1.54, 1.807) is 6.07 Å². The molecule has 0 spiro atoms. The standard InChI is InChI=1S/C11H12FNO/c1-2-7-5-8-10(14)3-4-13-11(8)9(12)6-7/h5-6,13H,2-4H2,1H3. The molecule has 1 aromatic carbocycles. The summed E-state index contributed by atoms with van der Waals surface area (Å²) in [6.07, 6.45) is 1.21. The highest BCUT2D eigenvalue weighted by Gasteiger charge is 2.20. The lowest BCUT2D eigenvalue weighted by molar-refractivity contribution is 0.0983. The first-order valence-electron chi connectivity index (χ1n) is 4.82. The van der Waals surface area contributed by atoms with Gasteiger partial charge in [-0.05, 0) is 24.1 Å². The topological polar surface area (TPSA) is 29.1 Å². The third-order valence-electron chi connectivity index (χ3n) is 2.51. The van der Waals surface area contributed by atoms with Gasteiger partial charge in [0.15, 0.2) is 5.78 Å². The summed E-state index contributed by atoms with van der Waals surface area (Å²) < 4.78 is 13.5. The van der Waals surface area contributed by atoms with Gasteiger partial charge in [-0.1, -0.05) is 6.92 Å². The molecule has 0 unspecified atom stereocenters. The van der Waals surface area contributed by atoms with Crippen molar-refractivity contribution in [2.75, 3.05) is 11.9 Å². The Morgan fingerprint density at radius 1 is 1.50 bits per heavy atom. The highest BCUT2D eigenvalue weighted by Crippen LogP contribution is 2.26. The quantitative estimate of drug-likeness (QED) is 0.742. The molecule has 0 saturated heterocycles. The minimum absolute atomic E-state index is 0.0351. The molecule has 0 atom stereocenters. The predicted molar refractivity (Wildman–Crippen MR) is 53.2 cm³/mol. The van der Waals surface area contributed by atoms with Crippen LogP contribution in [0.25, 0.3) is 0 Å². The van der Waals surface area contributed by atoms with Crippen molar-refractivity contribution in [3.8, 4) is 0 Å². The number of carbonyl (C=O) groups excluding carboxylic acids is 1. The van der Waals surface area contributed by atoms with E-state index >= 15 is 0 Å². The molecule has 3 heteroatoms. The molecular formula is C11H12FNO. The number of nitrogens with one attached hydrogen (secondary N) is 1. The summed E-state index contributed by atoms with van der Waals surface area (Å²) in [5, 5.41) is 2.92. The summed E-state index contributed by atoms with van der Waals surface area (Å²) in [5.74, 6) is -0.277. The van der Waals surface area contributed by atoms with Gasteiger partial charge in [-0.15, -0.1) is 0 Å². The molecule has 0 aromatic heterocycles. The first-order valence-corrected chi connectivity index (χ1v) is 4.82. The number of carbonyl (C=O) groups is 1. The van der Waals surface area contributed by atoms with E-state index in [4.69, 9.17) is 0 Å². The van der Waals surface area contributed by atoms with Crippen molar-refractivity contribution in [1.82, 2.24) is 0 Å². The van der Waals surface area contributed by atoms with Crippen molar-refractivity contribution in [2.24, 2.45) is 0 Å². The van der Waals surface area contributed by atoms with E-state index < -0.39 is 0 Å². The minimum atomic E-state index is -0.313. The van der Waals surface area contributed by atoms with E-state index in [2.05, 4.69) is 5.32 Å². The lowest BCUT2D eigenvalue weighted by atomic mass is 9.98. The van der Waals surface area contributed by atoms with Crippen molar-refractivity contribution in [1.29, 1.82) is 0 Å². The zero-order chi connectivity index (χ0) is 10.1. The molecule has 0 radical (unpaired) electrons. The summed E-state index contributed by atoms with van der Waals surface area (Å²) in [5.41, 5.74) is 1.75. The van der Waals surface area contributed by atoms with Crippen LogP contribution in [0.5, 0.6) is 0 Å². The van der Waals surface area contributed by atoms with E-state index in [0.717, 1.165) is 12.0 Å². The maximum atomic E-state index is 13.5. The predicted octanol–water partition coefficient (Wildman–Crippen LogP) is 2.39. The monoisotopic (exact) mass is 193 g/mol. The number of hydrogen-bond acceptors (Lipinski definition) is 2. The van der Waals surface area contributed by atoms with Crippen molar-refractivity contribution < 1.29 is 9.18 Å². The molecule has 1 aliphatic rings. The first-order chi connectivity index (χ1) is 6.72. The van der Waals surface area contributed by atoms with Crippen LogP contribution in [0, 0.1) is 5.82 Å². The van der Waals surface area contributed by atoms with Gasteiger partial charge < -0.3 is 5.32 Å². The molecule has 2 nitrogen and oxygen atoms in total. The van der Waals surface area contributed by atoms with Crippen LogP contribution < -0.4 is 5.32 Å². The fourth-order valence-electron chi connectivity index (χ4n) is 1.70. The van der Waals surface area contributed by atoms with Gasteiger partial charge in [-0.25, -0.2) is 4.39 Å². The van der Waals surface area contributed by atoms with E-state index in [-0.39, 0.29) is 11.6 Å². The molecule has 74 valence electrons. The SMILES string of the molecule is CCc1cc(F)c2c(c1)C(=O)CCN2. The Labute approximate surface area is 82.1 Å². The average Bonchev–Trinajstić information content (AvgIpc) is 2.19. The zero-order valence-electron chi connectivity index (χ0n) is 8.06. The molecule has 1 heterocycles. The lowest BCUT2D eigenvalue weighted by Crippen LogP contribution is -2.19. The number of Topliss-reactive ketones (excluding diaryl/α,β-unsaturated/α-hetero) is 1. The Morgan fingerprint density at radius 2 is 2.29 bits per heavy atom. The highest BCUT2D eigenvalue weighted by molar-refractivity contribution is 6.03. The highest BCUT2D eigenvalue weighted by atomic mass is 19.1. The number of anilines is 1. The number of hydrogen-bond donors (Lipinski definition) is 1. The second kappa shape index (κ2) is 3.40. The molecule has 0 aliphatic carbocycles. The van der Waals surface area contributed by atoms with Gasteiger partial charge in [0.1, 0.15) is 5.82 Å². The fraction of sp³-hybridized carbons (Fsp3) is 0.364. The molecule has 0 saturated carbocycles. The second-order valence-corrected chi connectivity index (χ2v) is 3.45. The summed E-state index contributed by atoms with van der Waals surface area (Å²) in [6, 6.07) is 3.28.